The summed E-state index contributed by atoms with van der Waals surface area (Å²) in [7, 11) is -3.15. The molecule has 1 aliphatic carbocycles. The zero-order valence-electron chi connectivity index (χ0n) is 29.6. The van der Waals surface area contributed by atoms with E-state index in [-0.39, 0.29) is 28.9 Å². The monoisotopic (exact) mass is 727 g/mol. The van der Waals surface area contributed by atoms with Crippen molar-refractivity contribution in [2.24, 2.45) is 5.41 Å². The molecule has 272 valence electrons. The van der Waals surface area contributed by atoms with Crippen molar-refractivity contribution in [1.29, 1.82) is 0 Å². The number of nitrogens with zero attached hydrogens (tertiary/aromatic N) is 2. The fourth-order valence-electron chi connectivity index (χ4n) is 6.81. The van der Waals surface area contributed by atoms with Gasteiger partial charge in [0.1, 0.15) is 5.75 Å². The van der Waals surface area contributed by atoms with Crippen molar-refractivity contribution < 1.29 is 36.6 Å². The number of methoxy groups -OCH3 is 1. The molecule has 2 aromatic heterocycles. The Morgan fingerprint density at radius 3 is 2.79 bits per heavy atom. The van der Waals surface area contributed by atoms with E-state index < -0.39 is 37.9 Å². The second-order valence-corrected chi connectivity index (χ2v) is 15.7. The SMILES string of the molecule is CCOC(=O)/C=C/C1=CC(C2CCCC(C)(C)CS(=O)(=O)/C(C(=O)OC)=C/c3c(c(F)cc4[nH]ccc34)Oc3cccc(c3)-c3ccn2n3)=CCC1. The molecule has 52 heavy (non-hydrogen) atoms. The van der Waals surface area contributed by atoms with E-state index in [1.807, 2.05) is 36.9 Å². The molecular weight excluding hydrogens is 686 g/mol. The van der Waals surface area contributed by atoms with Gasteiger partial charge in [-0.3, -0.25) is 4.68 Å². The number of nitrogens with one attached hydrogen (secondary N) is 1. The summed E-state index contributed by atoms with van der Waals surface area (Å²) in [6.45, 7) is 5.76. The molecule has 0 amide bonds. The van der Waals surface area contributed by atoms with Gasteiger partial charge in [0.2, 0.25) is 0 Å². The maximum absolute atomic E-state index is 15.9. The second-order valence-electron chi connectivity index (χ2n) is 13.7. The molecule has 0 saturated heterocycles. The van der Waals surface area contributed by atoms with Crippen LogP contribution in [0.2, 0.25) is 0 Å². The van der Waals surface area contributed by atoms with Crippen molar-refractivity contribution >= 4 is 38.8 Å². The highest BCUT2D eigenvalue weighted by atomic mass is 32.2. The van der Waals surface area contributed by atoms with Crippen molar-refractivity contribution in [2.45, 2.75) is 58.9 Å². The lowest BCUT2D eigenvalue weighted by molar-refractivity contribution is -0.137. The van der Waals surface area contributed by atoms with Crippen LogP contribution in [0.3, 0.4) is 0 Å². The van der Waals surface area contributed by atoms with Crippen molar-refractivity contribution in [3.8, 4) is 22.8 Å². The zero-order chi connectivity index (χ0) is 37.0. The smallest absolute Gasteiger partial charge is 0.349 e. The summed E-state index contributed by atoms with van der Waals surface area (Å²) in [5.41, 5.74) is 3.15. The number of hydrogen-bond donors (Lipinski definition) is 1. The minimum absolute atomic E-state index is 0.0851. The van der Waals surface area contributed by atoms with E-state index in [2.05, 4.69) is 17.1 Å². The Morgan fingerprint density at radius 2 is 2.00 bits per heavy atom. The predicted molar refractivity (Wildman–Crippen MR) is 198 cm³/mol. The van der Waals surface area contributed by atoms with Gasteiger partial charge in [0.15, 0.2) is 26.3 Å². The van der Waals surface area contributed by atoms with Gasteiger partial charge < -0.3 is 19.2 Å². The standard InChI is InChI=1S/C40H42FN3O7S/c1-5-50-37(45)15-14-26-9-6-11-28(21-26)35-13-8-18-40(2,3)25-52(47,48)36(39(46)49-4)23-31-30-16-19-42-34(30)24-32(41)38(31)51-29-12-7-10-27(22-29)33-17-20-44(35)43-33/h7,10-12,14-17,19-24,35,42H,5-6,8-9,13,18,25H2,1-4H3/b15-14+,36-23+. The number of aromatic amines is 1. The fraction of sp³-hybridized carbons (Fsp3) is 0.325. The molecule has 3 heterocycles. The molecule has 4 aromatic rings. The number of sulfone groups is 1. The Hall–Kier alpha value is -5.23. The topological polar surface area (TPSA) is 130 Å². The first kappa shape index (κ1) is 36.6. The summed E-state index contributed by atoms with van der Waals surface area (Å²) < 4.78 is 62.2. The maximum Gasteiger partial charge on any atom is 0.349 e. The zero-order valence-corrected chi connectivity index (χ0v) is 30.5. The maximum atomic E-state index is 15.9. The average molecular weight is 728 g/mol. The summed E-state index contributed by atoms with van der Waals surface area (Å²) in [4.78, 5) is 27.6. The number of aromatic nitrogens is 3. The van der Waals surface area contributed by atoms with Gasteiger partial charge in [0.25, 0.3) is 0 Å². The molecule has 1 N–H and O–H groups in total. The van der Waals surface area contributed by atoms with E-state index >= 15 is 4.39 Å². The van der Waals surface area contributed by atoms with Crippen molar-refractivity contribution in [3.63, 3.8) is 0 Å². The van der Waals surface area contributed by atoms with Crippen LogP contribution in [0, 0.1) is 11.2 Å². The lowest BCUT2D eigenvalue weighted by Crippen LogP contribution is -2.28. The quantitative estimate of drug-likeness (QED) is 0.160. The van der Waals surface area contributed by atoms with Crippen LogP contribution in [-0.2, 0) is 28.9 Å². The number of carbonyl (C=O) groups excluding carboxylic acids is 2. The summed E-state index contributed by atoms with van der Waals surface area (Å²) in [6, 6.07) is 11.7. The van der Waals surface area contributed by atoms with Gasteiger partial charge >= 0.3 is 11.9 Å². The van der Waals surface area contributed by atoms with Crippen LogP contribution in [0.5, 0.6) is 11.5 Å². The minimum Gasteiger partial charge on any atom is -0.465 e. The third kappa shape index (κ3) is 8.12. The van der Waals surface area contributed by atoms with Gasteiger partial charge in [-0.25, -0.2) is 22.4 Å². The van der Waals surface area contributed by atoms with E-state index in [1.54, 1.807) is 43.5 Å². The van der Waals surface area contributed by atoms with E-state index in [1.165, 1.54) is 12.1 Å². The number of allylic oxidation sites excluding steroid dienone is 5. The summed E-state index contributed by atoms with van der Waals surface area (Å²) in [6.07, 6.45) is 15.5. The number of benzene rings is 2. The van der Waals surface area contributed by atoms with Gasteiger partial charge in [-0.1, -0.05) is 50.6 Å². The normalized spacial score (nSPS) is 19.9. The van der Waals surface area contributed by atoms with E-state index in [0.29, 0.717) is 42.5 Å². The highest BCUT2D eigenvalue weighted by molar-refractivity contribution is 7.96. The van der Waals surface area contributed by atoms with Crippen LogP contribution in [0.25, 0.3) is 28.2 Å². The van der Waals surface area contributed by atoms with E-state index in [4.69, 9.17) is 19.3 Å². The summed E-state index contributed by atoms with van der Waals surface area (Å²) in [5.74, 6) is -2.51. The lowest BCUT2D eigenvalue weighted by atomic mass is 9.86. The van der Waals surface area contributed by atoms with Gasteiger partial charge in [0.05, 0.1) is 31.2 Å². The predicted octanol–water partition coefficient (Wildman–Crippen LogP) is 8.41. The Bertz CT molecular complexity index is 2240. The number of halogens is 1. The molecule has 0 radical (unpaired) electrons. The third-order valence-electron chi connectivity index (χ3n) is 9.26. The van der Waals surface area contributed by atoms with Crippen LogP contribution in [-0.4, -0.2) is 54.6 Å². The van der Waals surface area contributed by atoms with Crippen LogP contribution in [0.15, 0.2) is 95.2 Å². The Balaban J connectivity index is 1.47. The molecule has 6 rings (SSSR count). The molecule has 2 aromatic carbocycles. The van der Waals surface area contributed by atoms with Crippen LogP contribution in [0.1, 0.15) is 64.5 Å². The molecule has 0 fully saturated rings. The van der Waals surface area contributed by atoms with Crippen molar-refractivity contribution in [3.05, 3.63) is 107 Å². The van der Waals surface area contributed by atoms with Gasteiger partial charge in [-0.15, -0.1) is 0 Å². The first-order valence-corrected chi connectivity index (χ1v) is 18.9. The number of H-pyrrole nitrogens is 1. The average Bonchev–Trinajstić information content (AvgIpc) is 3.79. The largest absolute Gasteiger partial charge is 0.465 e. The number of fused-ring (bicyclic) bond motifs is 8. The number of carbonyl (C=O) groups is 2. The van der Waals surface area contributed by atoms with Crippen molar-refractivity contribution in [1.82, 2.24) is 14.8 Å². The first-order valence-electron chi connectivity index (χ1n) is 17.3. The summed E-state index contributed by atoms with van der Waals surface area (Å²) >= 11 is 0. The Labute approximate surface area is 302 Å². The van der Waals surface area contributed by atoms with E-state index in [9.17, 15) is 18.0 Å². The van der Waals surface area contributed by atoms with Crippen LogP contribution in [0.4, 0.5) is 4.39 Å². The van der Waals surface area contributed by atoms with Crippen molar-refractivity contribution in [2.75, 3.05) is 19.5 Å². The highest BCUT2D eigenvalue weighted by Gasteiger charge is 2.34. The molecular formula is C40H42FN3O7S. The van der Waals surface area contributed by atoms with Gasteiger partial charge in [-0.05, 0) is 79.5 Å². The summed E-state index contributed by atoms with van der Waals surface area (Å²) in [5, 5.41) is 5.45. The molecule has 10 nitrogen and oxygen atoms in total. The number of hydrogen-bond acceptors (Lipinski definition) is 8. The molecule has 1 aliphatic heterocycles. The van der Waals surface area contributed by atoms with Gasteiger partial charge in [0, 0.05) is 46.6 Å². The third-order valence-corrected chi connectivity index (χ3v) is 11.4. The molecule has 1 atom stereocenters. The molecule has 4 bridgehead atoms. The molecule has 12 heteroatoms. The van der Waals surface area contributed by atoms with E-state index in [0.717, 1.165) is 42.7 Å². The number of esters is 2. The molecule has 1 unspecified atom stereocenters. The van der Waals surface area contributed by atoms with Crippen LogP contribution < -0.4 is 4.74 Å². The van der Waals surface area contributed by atoms with Crippen LogP contribution >= 0.6 is 0 Å². The fourth-order valence-corrected chi connectivity index (χ4v) is 8.77. The number of rotatable bonds is 5. The lowest BCUT2D eigenvalue weighted by Gasteiger charge is -2.27. The number of ether oxygens (including phenoxy) is 3. The second kappa shape index (κ2) is 15.2. The molecule has 2 aliphatic rings. The molecule has 0 spiro atoms. The minimum atomic E-state index is -4.26. The Kier molecular flexibility index (Phi) is 10.7. The first-order chi connectivity index (χ1) is 24.9. The Morgan fingerprint density at radius 1 is 1.17 bits per heavy atom. The van der Waals surface area contributed by atoms with Gasteiger partial charge in [-0.2, -0.15) is 5.10 Å². The highest BCUT2D eigenvalue weighted by Crippen LogP contribution is 2.39. The molecule has 0 saturated carbocycles.